The number of hydrogen-bond donors (Lipinski definition) is 3. The molecule has 1 heterocycles. The Morgan fingerprint density at radius 3 is 2.50 bits per heavy atom. The zero-order valence-electron chi connectivity index (χ0n) is 19.2. The second-order valence-electron chi connectivity index (χ2n) is 8.84. The van der Waals surface area contributed by atoms with Crippen LogP contribution in [0, 0.1) is 6.92 Å². The SMILES string of the molecule is CC=C(N)C1(c2ccccc2CCc2nc(Nc3ccc(C(C)N)cc3)ncc2C)CC1. The first kappa shape index (κ1) is 22.0. The maximum Gasteiger partial charge on any atom is 0.227 e. The normalized spacial score (nSPS) is 15.9. The molecule has 5 N–H and O–H groups in total. The summed E-state index contributed by atoms with van der Waals surface area (Å²) in [5.74, 6) is 0.615. The van der Waals surface area contributed by atoms with E-state index in [0.29, 0.717) is 5.95 Å². The lowest BCUT2D eigenvalue weighted by Gasteiger charge is -2.20. The smallest absolute Gasteiger partial charge is 0.227 e. The minimum atomic E-state index is 0.0205. The molecule has 3 aromatic rings. The summed E-state index contributed by atoms with van der Waals surface area (Å²) in [6.45, 7) is 6.08. The van der Waals surface area contributed by atoms with Crippen LogP contribution in [0.2, 0.25) is 0 Å². The van der Waals surface area contributed by atoms with Crippen LogP contribution in [-0.2, 0) is 18.3 Å². The Bertz CT molecular complexity index is 1110. The summed E-state index contributed by atoms with van der Waals surface area (Å²) in [4.78, 5) is 9.29. The summed E-state index contributed by atoms with van der Waals surface area (Å²) in [5, 5.41) is 3.32. The van der Waals surface area contributed by atoms with Crippen molar-refractivity contribution in [1.29, 1.82) is 0 Å². The number of aryl methyl sites for hydroxylation is 3. The second-order valence-corrected chi connectivity index (χ2v) is 8.84. The molecule has 1 unspecified atom stereocenters. The van der Waals surface area contributed by atoms with Gasteiger partial charge in [-0.2, -0.15) is 0 Å². The van der Waals surface area contributed by atoms with Crippen LogP contribution in [0.4, 0.5) is 11.6 Å². The Morgan fingerprint density at radius 2 is 1.84 bits per heavy atom. The van der Waals surface area contributed by atoms with E-state index in [-0.39, 0.29) is 11.5 Å². The highest BCUT2D eigenvalue weighted by Crippen LogP contribution is 2.53. The van der Waals surface area contributed by atoms with Gasteiger partial charge in [0.1, 0.15) is 0 Å². The third kappa shape index (κ3) is 4.53. The molecule has 0 saturated heterocycles. The van der Waals surface area contributed by atoms with Crippen molar-refractivity contribution in [2.24, 2.45) is 11.5 Å². The number of nitrogens with two attached hydrogens (primary N) is 2. The van der Waals surface area contributed by atoms with Crippen molar-refractivity contribution < 1.29 is 0 Å². The highest BCUT2D eigenvalue weighted by atomic mass is 15.1. The molecule has 5 heteroatoms. The van der Waals surface area contributed by atoms with E-state index in [9.17, 15) is 0 Å². The van der Waals surface area contributed by atoms with Gasteiger partial charge in [0, 0.05) is 34.7 Å². The monoisotopic (exact) mass is 427 g/mol. The molecule has 0 spiro atoms. The van der Waals surface area contributed by atoms with Crippen LogP contribution in [0.3, 0.4) is 0 Å². The summed E-state index contributed by atoms with van der Waals surface area (Å²) in [7, 11) is 0. The van der Waals surface area contributed by atoms with E-state index in [1.165, 1.54) is 11.1 Å². The van der Waals surface area contributed by atoms with E-state index < -0.39 is 0 Å². The summed E-state index contributed by atoms with van der Waals surface area (Å²) >= 11 is 0. The summed E-state index contributed by atoms with van der Waals surface area (Å²) < 4.78 is 0. The van der Waals surface area contributed by atoms with E-state index in [1.54, 1.807) is 0 Å². The minimum absolute atomic E-state index is 0.0205. The van der Waals surface area contributed by atoms with E-state index in [2.05, 4.69) is 47.6 Å². The molecule has 166 valence electrons. The Balaban J connectivity index is 1.50. The first-order valence-corrected chi connectivity index (χ1v) is 11.4. The van der Waals surface area contributed by atoms with Gasteiger partial charge in [-0.1, -0.05) is 42.5 Å². The zero-order chi connectivity index (χ0) is 22.7. The molecule has 0 aliphatic heterocycles. The van der Waals surface area contributed by atoms with E-state index in [0.717, 1.165) is 53.9 Å². The molecule has 0 amide bonds. The molecule has 1 aliphatic carbocycles. The molecule has 4 rings (SSSR count). The largest absolute Gasteiger partial charge is 0.402 e. The van der Waals surface area contributed by atoms with Crippen LogP contribution in [0.15, 0.2) is 66.5 Å². The molecule has 1 saturated carbocycles. The predicted octanol–water partition coefficient (Wildman–Crippen LogP) is 5.23. The van der Waals surface area contributed by atoms with E-state index in [1.807, 2.05) is 44.3 Å². The fourth-order valence-corrected chi connectivity index (χ4v) is 4.36. The van der Waals surface area contributed by atoms with Gasteiger partial charge in [-0.25, -0.2) is 9.97 Å². The first-order valence-electron chi connectivity index (χ1n) is 11.4. The Kier molecular flexibility index (Phi) is 6.28. The Morgan fingerprint density at radius 1 is 1.12 bits per heavy atom. The van der Waals surface area contributed by atoms with Gasteiger partial charge in [0.2, 0.25) is 5.95 Å². The maximum atomic E-state index is 6.39. The molecule has 0 radical (unpaired) electrons. The van der Waals surface area contributed by atoms with Crippen LogP contribution < -0.4 is 16.8 Å². The van der Waals surface area contributed by atoms with Crippen LogP contribution in [0.25, 0.3) is 0 Å². The van der Waals surface area contributed by atoms with Gasteiger partial charge in [0.25, 0.3) is 0 Å². The molecule has 1 fully saturated rings. The number of hydrogen-bond acceptors (Lipinski definition) is 5. The number of aromatic nitrogens is 2. The average molecular weight is 428 g/mol. The molecule has 32 heavy (non-hydrogen) atoms. The van der Waals surface area contributed by atoms with Gasteiger partial charge in [0.05, 0.1) is 0 Å². The first-order chi connectivity index (χ1) is 15.4. The van der Waals surface area contributed by atoms with Crippen molar-refractivity contribution in [2.45, 2.75) is 57.9 Å². The number of rotatable bonds is 8. The summed E-state index contributed by atoms with van der Waals surface area (Å²) in [6.07, 6.45) is 7.99. The van der Waals surface area contributed by atoms with E-state index >= 15 is 0 Å². The van der Waals surface area contributed by atoms with Crippen molar-refractivity contribution in [2.75, 3.05) is 5.32 Å². The van der Waals surface area contributed by atoms with Gasteiger partial charge < -0.3 is 16.8 Å². The lowest BCUT2D eigenvalue weighted by Crippen LogP contribution is -2.19. The summed E-state index contributed by atoms with van der Waals surface area (Å²) in [6, 6.07) is 16.8. The molecule has 1 aliphatic rings. The minimum Gasteiger partial charge on any atom is -0.402 e. The molecule has 2 aromatic carbocycles. The summed E-state index contributed by atoms with van der Waals surface area (Å²) in [5.41, 5.74) is 20.3. The number of nitrogens with one attached hydrogen (secondary N) is 1. The van der Waals surface area contributed by atoms with Crippen molar-refractivity contribution in [1.82, 2.24) is 9.97 Å². The number of nitrogens with zero attached hydrogens (tertiary/aromatic N) is 2. The number of allylic oxidation sites excluding steroid dienone is 2. The topological polar surface area (TPSA) is 89.8 Å². The van der Waals surface area contributed by atoms with Crippen molar-refractivity contribution in [3.8, 4) is 0 Å². The standard InChI is InChI=1S/C27H33N5/c1-4-25(29)27(15-16-27)23-8-6-5-7-21(23)11-14-24-18(2)17-30-26(32-24)31-22-12-9-20(10-13-22)19(3)28/h4-10,12-13,17,19H,11,14-16,28-29H2,1-3H3,(H,30,31,32). The number of anilines is 2. The lowest BCUT2D eigenvalue weighted by atomic mass is 9.86. The van der Waals surface area contributed by atoms with Gasteiger partial charge in [-0.15, -0.1) is 0 Å². The Hall–Kier alpha value is -3.18. The predicted molar refractivity (Wildman–Crippen MR) is 132 cm³/mol. The van der Waals surface area contributed by atoms with Crippen LogP contribution in [0.1, 0.15) is 60.7 Å². The van der Waals surface area contributed by atoms with Gasteiger partial charge in [-0.05, 0) is 80.8 Å². The molecule has 1 aromatic heterocycles. The van der Waals surface area contributed by atoms with Gasteiger partial charge in [-0.3, -0.25) is 0 Å². The van der Waals surface area contributed by atoms with Gasteiger partial charge >= 0.3 is 0 Å². The Labute approximate surface area is 191 Å². The van der Waals surface area contributed by atoms with Crippen LogP contribution >= 0.6 is 0 Å². The molecule has 5 nitrogen and oxygen atoms in total. The second kappa shape index (κ2) is 9.13. The number of benzene rings is 2. The van der Waals surface area contributed by atoms with E-state index in [4.69, 9.17) is 16.5 Å². The lowest BCUT2D eigenvalue weighted by molar-refractivity contribution is 0.773. The van der Waals surface area contributed by atoms with Crippen molar-refractivity contribution in [3.05, 3.63) is 94.4 Å². The maximum absolute atomic E-state index is 6.39. The van der Waals surface area contributed by atoms with Crippen molar-refractivity contribution in [3.63, 3.8) is 0 Å². The fraction of sp³-hybridized carbons (Fsp3) is 0.333. The average Bonchev–Trinajstić information content (AvgIpc) is 3.61. The molecule has 1 atom stereocenters. The third-order valence-corrected chi connectivity index (χ3v) is 6.55. The van der Waals surface area contributed by atoms with Gasteiger partial charge in [0.15, 0.2) is 0 Å². The molecular formula is C27H33N5. The molecule has 0 bridgehead atoms. The quantitative estimate of drug-likeness (QED) is 0.458. The highest BCUT2D eigenvalue weighted by molar-refractivity contribution is 5.54. The van der Waals surface area contributed by atoms with Crippen LogP contribution in [-0.4, -0.2) is 9.97 Å². The molecular weight excluding hydrogens is 394 g/mol. The van der Waals surface area contributed by atoms with Crippen LogP contribution in [0.5, 0.6) is 0 Å². The third-order valence-electron chi connectivity index (χ3n) is 6.55. The highest BCUT2D eigenvalue weighted by Gasteiger charge is 2.47. The fourth-order valence-electron chi connectivity index (χ4n) is 4.36. The van der Waals surface area contributed by atoms with Crippen molar-refractivity contribution >= 4 is 11.6 Å². The zero-order valence-corrected chi connectivity index (χ0v) is 19.2.